The van der Waals surface area contributed by atoms with Crippen LogP contribution in [0.2, 0.25) is 0 Å². The molecule has 200 valence electrons. The number of hydrogen-bond donors (Lipinski definition) is 3. The fraction of sp³-hybridized carbons (Fsp3) is 0.414. The molecular weight excluding hydrogens is 478 g/mol. The Balaban J connectivity index is 1.26. The summed E-state index contributed by atoms with van der Waals surface area (Å²) in [4.78, 5) is 26.0. The number of rotatable bonds is 8. The standard InChI is InChI=1S/C29H37N7O2/c1-3-38-25-7-5-4-6-23(25)33-24-18-27(32-20-22(24)28(30)37)34-26-9-8-21(19-31-26)36-16-12-29(13-17-36)10-14-35(2)15-11-29/h4-9,18-20H,3,10-17H2,1-2H3,(H2,30,37)(H2,31,32,33,34). The Bertz CT molecular complexity index is 1250. The summed E-state index contributed by atoms with van der Waals surface area (Å²) in [6.07, 6.45) is 8.52. The second-order valence-electron chi connectivity index (χ2n) is 10.4. The number of nitrogens with two attached hydrogens (primary N) is 1. The first kappa shape index (κ1) is 25.8. The highest BCUT2D eigenvalue weighted by Gasteiger charge is 2.36. The van der Waals surface area contributed by atoms with Crippen molar-refractivity contribution in [3.63, 3.8) is 0 Å². The Morgan fingerprint density at radius 1 is 0.947 bits per heavy atom. The van der Waals surface area contributed by atoms with Gasteiger partial charge in [0.15, 0.2) is 0 Å². The van der Waals surface area contributed by atoms with Crippen LogP contribution in [0.3, 0.4) is 0 Å². The van der Waals surface area contributed by atoms with Crippen molar-refractivity contribution in [2.45, 2.75) is 32.6 Å². The first-order valence-electron chi connectivity index (χ1n) is 13.4. The molecule has 38 heavy (non-hydrogen) atoms. The largest absolute Gasteiger partial charge is 0.492 e. The second kappa shape index (κ2) is 11.3. The lowest BCUT2D eigenvalue weighted by Crippen LogP contribution is -2.46. The summed E-state index contributed by atoms with van der Waals surface area (Å²) in [5, 5.41) is 6.53. The number of primary amides is 1. The van der Waals surface area contributed by atoms with Crippen LogP contribution in [-0.2, 0) is 0 Å². The summed E-state index contributed by atoms with van der Waals surface area (Å²) < 4.78 is 5.71. The van der Waals surface area contributed by atoms with Crippen LogP contribution < -0.4 is 26.0 Å². The molecule has 9 nitrogen and oxygen atoms in total. The molecule has 2 aliphatic rings. The highest BCUT2D eigenvalue weighted by Crippen LogP contribution is 2.42. The van der Waals surface area contributed by atoms with Crippen LogP contribution >= 0.6 is 0 Å². The number of carbonyl (C=O) groups excluding carboxylic acids is 1. The summed E-state index contributed by atoms with van der Waals surface area (Å²) in [6, 6.07) is 13.4. The molecule has 2 fully saturated rings. The van der Waals surface area contributed by atoms with Gasteiger partial charge in [0.05, 0.1) is 35.4 Å². The molecule has 0 aliphatic carbocycles. The van der Waals surface area contributed by atoms with Crippen molar-refractivity contribution >= 4 is 34.6 Å². The molecule has 2 saturated heterocycles. The molecule has 1 spiro atoms. The highest BCUT2D eigenvalue weighted by atomic mass is 16.5. The monoisotopic (exact) mass is 515 g/mol. The van der Waals surface area contributed by atoms with Crippen LogP contribution in [0.4, 0.5) is 28.7 Å². The topological polar surface area (TPSA) is 109 Å². The summed E-state index contributed by atoms with van der Waals surface area (Å²) in [5.74, 6) is 1.35. The molecule has 2 aromatic heterocycles. The third-order valence-electron chi connectivity index (χ3n) is 7.87. The van der Waals surface area contributed by atoms with Gasteiger partial charge in [-0.3, -0.25) is 4.79 Å². The van der Waals surface area contributed by atoms with Crippen molar-refractivity contribution in [3.8, 4) is 5.75 Å². The Morgan fingerprint density at radius 3 is 2.34 bits per heavy atom. The van der Waals surface area contributed by atoms with Crippen molar-refractivity contribution in [3.05, 3.63) is 60.4 Å². The minimum absolute atomic E-state index is 0.289. The quantitative estimate of drug-likeness (QED) is 0.394. The van der Waals surface area contributed by atoms with Crippen LogP contribution in [0.5, 0.6) is 5.75 Å². The first-order chi connectivity index (χ1) is 18.4. The lowest BCUT2D eigenvalue weighted by atomic mass is 9.71. The second-order valence-corrected chi connectivity index (χ2v) is 10.4. The van der Waals surface area contributed by atoms with E-state index in [2.05, 4.69) is 43.5 Å². The van der Waals surface area contributed by atoms with Crippen LogP contribution in [0, 0.1) is 5.41 Å². The molecule has 0 radical (unpaired) electrons. The lowest BCUT2D eigenvalue weighted by Gasteiger charge is -2.46. The van der Waals surface area contributed by atoms with Gasteiger partial charge in [-0.2, -0.15) is 0 Å². The first-order valence-corrected chi connectivity index (χ1v) is 13.4. The average molecular weight is 516 g/mol. The van der Waals surface area contributed by atoms with Gasteiger partial charge in [-0.05, 0) is 82.4 Å². The molecule has 4 N–H and O–H groups in total. The van der Waals surface area contributed by atoms with E-state index in [4.69, 9.17) is 10.5 Å². The van der Waals surface area contributed by atoms with E-state index in [9.17, 15) is 4.79 Å². The maximum absolute atomic E-state index is 12.1. The molecule has 0 unspecified atom stereocenters. The minimum atomic E-state index is -0.563. The van der Waals surface area contributed by atoms with Crippen LogP contribution in [0.1, 0.15) is 43.0 Å². The zero-order chi connectivity index (χ0) is 26.5. The minimum Gasteiger partial charge on any atom is -0.492 e. The van der Waals surface area contributed by atoms with Gasteiger partial charge in [-0.25, -0.2) is 9.97 Å². The Morgan fingerprint density at radius 2 is 1.66 bits per heavy atom. The Hall–Kier alpha value is -3.85. The van der Waals surface area contributed by atoms with Crippen molar-refractivity contribution in [2.24, 2.45) is 11.1 Å². The van der Waals surface area contributed by atoms with Gasteiger partial charge >= 0.3 is 0 Å². The molecule has 0 bridgehead atoms. The van der Waals surface area contributed by atoms with E-state index in [0.29, 0.717) is 35.1 Å². The number of benzene rings is 1. The summed E-state index contributed by atoms with van der Waals surface area (Å²) >= 11 is 0. The number of nitrogens with one attached hydrogen (secondary N) is 2. The van der Waals surface area contributed by atoms with E-state index in [0.717, 1.165) is 24.5 Å². The van der Waals surface area contributed by atoms with Crippen LogP contribution in [0.25, 0.3) is 0 Å². The van der Waals surface area contributed by atoms with Gasteiger partial charge in [0.25, 0.3) is 5.91 Å². The maximum Gasteiger partial charge on any atom is 0.252 e. The molecule has 3 aromatic rings. The number of carbonyl (C=O) groups is 1. The van der Waals surface area contributed by atoms with E-state index in [1.54, 1.807) is 6.07 Å². The summed E-state index contributed by atoms with van der Waals surface area (Å²) in [7, 11) is 2.23. The Labute approximate surface area is 224 Å². The molecule has 1 amide bonds. The molecule has 0 saturated carbocycles. The van der Waals surface area contributed by atoms with Crippen LogP contribution in [0.15, 0.2) is 54.9 Å². The van der Waals surface area contributed by atoms with Crippen molar-refractivity contribution in [1.82, 2.24) is 14.9 Å². The third-order valence-corrected chi connectivity index (χ3v) is 7.87. The van der Waals surface area contributed by atoms with E-state index >= 15 is 0 Å². The average Bonchev–Trinajstić information content (AvgIpc) is 2.93. The number of pyridine rings is 2. The smallest absolute Gasteiger partial charge is 0.252 e. The van der Waals surface area contributed by atoms with E-state index in [-0.39, 0.29) is 5.56 Å². The predicted molar refractivity (Wildman–Crippen MR) is 152 cm³/mol. The zero-order valence-corrected chi connectivity index (χ0v) is 22.2. The van der Waals surface area contributed by atoms with Crippen molar-refractivity contribution in [1.29, 1.82) is 0 Å². The maximum atomic E-state index is 12.1. The number of aromatic nitrogens is 2. The van der Waals surface area contributed by atoms with Crippen LogP contribution in [-0.4, -0.2) is 60.6 Å². The number of nitrogens with zero attached hydrogens (tertiary/aromatic N) is 4. The summed E-state index contributed by atoms with van der Waals surface area (Å²) in [6.45, 7) is 7.04. The molecule has 5 rings (SSSR count). The SMILES string of the molecule is CCOc1ccccc1Nc1cc(Nc2ccc(N3CCC4(CCN(C)CC4)CC3)cn2)ncc1C(N)=O. The van der Waals surface area contributed by atoms with Gasteiger partial charge in [0.1, 0.15) is 17.4 Å². The predicted octanol–water partition coefficient (Wildman–Crippen LogP) is 4.77. The van der Waals surface area contributed by atoms with E-state index < -0.39 is 5.91 Å². The van der Waals surface area contributed by atoms with Crippen molar-refractivity contribution in [2.75, 3.05) is 55.4 Å². The molecule has 4 heterocycles. The number of amides is 1. The van der Waals surface area contributed by atoms with E-state index in [1.165, 1.54) is 45.0 Å². The number of likely N-dealkylation sites (tertiary alicyclic amines) is 1. The third kappa shape index (κ3) is 5.83. The molecular formula is C29H37N7O2. The molecule has 1 aromatic carbocycles. The summed E-state index contributed by atoms with van der Waals surface area (Å²) in [5.41, 5.74) is 8.85. The van der Waals surface area contributed by atoms with Gasteiger partial charge in [0.2, 0.25) is 0 Å². The highest BCUT2D eigenvalue weighted by molar-refractivity contribution is 5.99. The van der Waals surface area contributed by atoms with E-state index in [1.807, 2.05) is 43.5 Å². The normalized spacial score (nSPS) is 17.3. The number of ether oxygens (including phenoxy) is 1. The van der Waals surface area contributed by atoms with Gasteiger partial charge < -0.3 is 30.9 Å². The number of anilines is 5. The van der Waals surface area contributed by atoms with Gasteiger partial charge in [0, 0.05) is 25.4 Å². The number of para-hydroxylation sites is 2. The number of hydrogen-bond acceptors (Lipinski definition) is 8. The molecule has 0 atom stereocenters. The fourth-order valence-corrected chi connectivity index (χ4v) is 5.43. The van der Waals surface area contributed by atoms with Gasteiger partial charge in [-0.1, -0.05) is 12.1 Å². The number of piperidine rings is 2. The lowest BCUT2D eigenvalue weighted by molar-refractivity contribution is 0.0945. The fourth-order valence-electron chi connectivity index (χ4n) is 5.43. The molecule has 2 aliphatic heterocycles. The van der Waals surface area contributed by atoms with Crippen molar-refractivity contribution < 1.29 is 9.53 Å². The van der Waals surface area contributed by atoms with Gasteiger partial charge in [-0.15, -0.1) is 0 Å². The molecule has 9 heteroatoms. The Kier molecular flexibility index (Phi) is 7.64. The zero-order valence-electron chi connectivity index (χ0n) is 22.2.